The minimum Gasteiger partial charge on any atom is -0.354 e. The summed E-state index contributed by atoms with van der Waals surface area (Å²) in [5.41, 5.74) is 0.903. The van der Waals surface area contributed by atoms with Gasteiger partial charge in [-0.2, -0.15) is 0 Å². The van der Waals surface area contributed by atoms with Crippen molar-refractivity contribution in [3.05, 3.63) is 64.6 Å². The van der Waals surface area contributed by atoms with Gasteiger partial charge in [0, 0.05) is 37.6 Å². The van der Waals surface area contributed by atoms with E-state index in [1.165, 1.54) is 11.4 Å². The van der Waals surface area contributed by atoms with Gasteiger partial charge in [-0.25, -0.2) is 12.7 Å². The van der Waals surface area contributed by atoms with Crippen LogP contribution in [-0.4, -0.2) is 55.6 Å². The van der Waals surface area contributed by atoms with E-state index >= 15 is 0 Å². The topological polar surface area (TPSA) is 86.8 Å². The molecule has 0 saturated heterocycles. The van der Waals surface area contributed by atoms with Gasteiger partial charge in [-0.05, 0) is 49.6 Å². The molecule has 1 N–H and O–H groups in total. The summed E-state index contributed by atoms with van der Waals surface area (Å²) in [6.45, 7) is 4.83. The fourth-order valence-electron chi connectivity index (χ4n) is 3.44. The first-order valence-electron chi connectivity index (χ1n) is 11.5. The number of nitrogens with one attached hydrogen (secondary N) is 1. The van der Waals surface area contributed by atoms with Crippen molar-refractivity contribution in [1.29, 1.82) is 0 Å². The molecule has 0 bridgehead atoms. The van der Waals surface area contributed by atoms with Crippen LogP contribution in [0.2, 0.25) is 0 Å². The number of carbonyl (C=O) groups is 2. The van der Waals surface area contributed by atoms with Gasteiger partial charge in [0.2, 0.25) is 21.8 Å². The Balaban J connectivity index is 2.06. The van der Waals surface area contributed by atoms with Gasteiger partial charge >= 0.3 is 0 Å². The Kier molecular flexibility index (Phi) is 11.2. The van der Waals surface area contributed by atoms with Gasteiger partial charge in [-0.15, -0.1) is 0 Å². The second-order valence-electron chi connectivity index (χ2n) is 8.22. The first-order chi connectivity index (χ1) is 16.2. The van der Waals surface area contributed by atoms with Crippen molar-refractivity contribution < 1.29 is 18.0 Å². The lowest BCUT2D eigenvalue weighted by molar-refractivity contribution is -0.140. The van der Waals surface area contributed by atoms with Crippen molar-refractivity contribution in [3.63, 3.8) is 0 Å². The van der Waals surface area contributed by atoms with Crippen molar-refractivity contribution in [2.45, 2.75) is 57.0 Å². The largest absolute Gasteiger partial charge is 0.354 e. The molecular formula is C25H34BrN3O4S. The van der Waals surface area contributed by atoms with Crippen LogP contribution in [0, 0.1) is 0 Å². The van der Waals surface area contributed by atoms with E-state index in [0.29, 0.717) is 19.5 Å². The molecule has 34 heavy (non-hydrogen) atoms. The fraction of sp³-hybridized carbons (Fsp3) is 0.440. The quantitative estimate of drug-likeness (QED) is 0.378. The number of carbonyl (C=O) groups excluding carboxylic acids is 2. The Morgan fingerprint density at radius 3 is 2.41 bits per heavy atom. The molecule has 2 amide bonds. The number of halogens is 1. The van der Waals surface area contributed by atoms with Crippen molar-refractivity contribution >= 4 is 37.8 Å². The summed E-state index contributed by atoms with van der Waals surface area (Å²) in [5.74, 6) is -0.385. The molecular weight excluding hydrogens is 518 g/mol. The van der Waals surface area contributed by atoms with Crippen molar-refractivity contribution in [2.75, 3.05) is 20.1 Å². The molecule has 0 radical (unpaired) electrons. The first kappa shape index (κ1) is 28.0. The molecule has 0 aromatic heterocycles. The molecule has 2 aromatic rings. The summed E-state index contributed by atoms with van der Waals surface area (Å²) < 4.78 is 27.6. The molecule has 2 rings (SSSR count). The maximum atomic E-state index is 13.2. The predicted molar refractivity (Wildman–Crippen MR) is 138 cm³/mol. The van der Waals surface area contributed by atoms with Gasteiger partial charge in [-0.1, -0.05) is 59.6 Å². The monoisotopic (exact) mass is 551 g/mol. The van der Waals surface area contributed by atoms with E-state index in [0.717, 1.165) is 22.9 Å². The molecule has 0 aliphatic carbocycles. The lowest BCUT2D eigenvalue weighted by Crippen LogP contribution is -2.47. The molecule has 0 fully saturated rings. The molecule has 0 spiro atoms. The fourth-order valence-corrected chi connectivity index (χ4v) is 5.12. The average Bonchev–Trinajstić information content (AvgIpc) is 2.82. The Morgan fingerprint density at radius 2 is 1.76 bits per heavy atom. The molecule has 1 atom stereocenters. The van der Waals surface area contributed by atoms with Gasteiger partial charge in [0.25, 0.3) is 0 Å². The number of unbranched alkanes of at least 4 members (excludes halogenated alkanes) is 1. The summed E-state index contributed by atoms with van der Waals surface area (Å²) in [6.07, 6.45) is 2.32. The van der Waals surface area contributed by atoms with E-state index in [4.69, 9.17) is 0 Å². The Hall–Kier alpha value is -2.23. The zero-order chi connectivity index (χ0) is 25.1. The van der Waals surface area contributed by atoms with E-state index in [1.54, 1.807) is 42.2 Å². The number of hydrogen-bond acceptors (Lipinski definition) is 4. The highest BCUT2D eigenvalue weighted by Gasteiger charge is 2.26. The number of rotatable bonds is 13. The molecule has 0 aliphatic rings. The summed E-state index contributed by atoms with van der Waals surface area (Å²) in [5, 5.41) is 2.90. The van der Waals surface area contributed by atoms with Crippen LogP contribution in [0.3, 0.4) is 0 Å². The number of amides is 2. The van der Waals surface area contributed by atoms with Gasteiger partial charge in [-0.3, -0.25) is 9.59 Å². The third kappa shape index (κ3) is 8.21. The normalized spacial score (nSPS) is 12.4. The third-order valence-electron chi connectivity index (χ3n) is 5.55. The van der Waals surface area contributed by atoms with Crippen molar-refractivity contribution in [3.8, 4) is 0 Å². The summed E-state index contributed by atoms with van der Waals surface area (Å²) in [7, 11) is -2.10. The third-order valence-corrected chi connectivity index (χ3v) is 7.92. The van der Waals surface area contributed by atoms with Crippen LogP contribution < -0.4 is 5.32 Å². The van der Waals surface area contributed by atoms with Crippen LogP contribution in [0.5, 0.6) is 0 Å². The predicted octanol–water partition coefficient (Wildman–Crippen LogP) is 4.18. The Morgan fingerprint density at radius 1 is 1.06 bits per heavy atom. The lowest BCUT2D eigenvalue weighted by Gasteiger charge is -2.29. The maximum absolute atomic E-state index is 13.2. The number of nitrogens with zero attached hydrogens (tertiary/aromatic N) is 2. The summed E-state index contributed by atoms with van der Waals surface area (Å²) in [6, 6.07) is 15.2. The van der Waals surface area contributed by atoms with Gasteiger partial charge in [0.15, 0.2) is 0 Å². The maximum Gasteiger partial charge on any atom is 0.242 e. The standard InChI is InChI=1S/C25H34BrN3O4S/c1-4-5-16-27-25(31)20(2)29(19-21-11-9-12-22(26)18-21)24(30)15-10-17-28(3)34(32,33)23-13-7-6-8-14-23/h6-9,11-14,18,20H,4-5,10,15-17,19H2,1-3H3,(H,27,31)/t20-/m1/s1. The van der Waals surface area contributed by atoms with Gasteiger partial charge < -0.3 is 10.2 Å². The second-order valence-corrected chi connectivity index (χ2v) is 11.2. The van der Waals surface area contributed by atoms with Crippen molar-refractivity contribution in [1.82, 2.24) is 14.5 Å². The zero-order valence-electron chi connectivity index (χ0n) is 20.0. The van der Waals surface area contributed by atoms with E-state index in [1.807, 2.05) is 31.2 Å². The summed E-state index contributed by atoms with van der Waals surface area (Å²) >= 11 is 3.45. The molecule has 7 nitrogen and oxygen atoms in total. The van der Waals surface area contributed by atoms with Crippen LogP contribution in [0.1, 0.15) is 45.1 Å². The highest BCUT2D eigenvalue weighted by molar-refractivity contribution is 9.10. The molecule has 0 saturated carbocycles. The van der Waals surface area contributed by atoms with E-state index in [2.05, 4.69) is 21.2 Å². The molecule has 186 valence electrons. The molecule has 0 unspecified atom stereocenters. The van der Waals surface area contributed by atoms with E-state index in [9.17, 15) is 18.0 Å². The molecule has 0 heterocycles. The molecule has 9 heteroatoms. The zero-order valence-corrected chi connectivity index (χ0v) is 22.4. The SMILES string of the molecule is CCCCNC(=O)[C@@H](C)N(Cc1cccc(Br)c1)C(=O)CCCN(C)S(=O)(=O)c1ccccc1. The van der Waals surface area contributed by atoms with E-state index < -0.39 is 16.1 Å². The van der Waals surface area contributed by atoms with Crippen LogP contribution in [0.4, 0.5) is 0 Å². The number of hydrogen-bond donors (Lipinski definition) is 1. The van der Waals surface area contributed by atoms with E-state index in [-0.39, 0.29) is 29.7 Å². The molecule has 2 aromatic carbocycles. The van der Waals surface area contributed by atoms with Crippen LogP contribution in [-0.2, 0) is 26.2 Å². The Labute approximate surface area is 211 Å². The number of sulfonamides is 1. The van der Waals surface area contributed by atoms with Gasteiger partial charge in [0.1, 0.15) is 6.04 Å². The van der Waals surface area contributed by atoms with Gasteiger partial charge in [0.05, 0.1) is 4.90 Å². The van der Waals surface area contributed by atoms with Crippen LogP contribution >= 0.6 is 15.9 Å². The van der Waals surface area contributed by atoms with Crippen LogP contribution in [0.15, 0.2) is 64.0 Å². The molecule has 0 aliphatic heterocycles. The summed E-state index contributed by atoms with van der Waals surface area (Å²) in [4.78, 5) is 27.6. The van der Waals surface area contributed by atoms with Crippen molar-refractivity contribution in [2.24, 2.45) is 0 Å². The highest BCUT2D eigenvalue weighted by atomic mass is 79.9. The first-order valence-corrected chi connectivity index (χ1v) is 13.7. The van der Waals surface area contributed by atoms with Crippen LogP contribution in [0.25, 0.3) is 0 Å². The highest BCUT2D eigenvalue weighted by Crippen LogP contribution is 2.18. The lowest BCUT2D eigenvalue weighted by atomic mass is 10.1. The number of benzene rings is 2. The average molecular weight is 553 g/mol. The smallest absolute Gasteiger partial charge is 0.242 e. The minimum atomic E-state index is -3.61. The second kappa shape index (κ2) is 13.6. The minimum absolute atomic E-state index is 0.134. The Bertz CT molecular complexity index is 1050.